The lowest BCUT2D eigenvalue weighted by atomic mass is 9.89. The van der Waals surface area contributed by atoms with Crippen LogP contribution in [0.5, 0.6) is 0 Å². The van der Waals surface area contributed by atoms with Crippen molar-refractivity contribution < 1.29 is 27.1 Å². The van der Waals surface area contributed by atoms with Gasteiger partial charge in [-0.25, -0.2) is 14.8 Å². The van der Waals surface area contributed by atoms with Crippen LogP contribution in [0.4, 0.5) is 35.4 Å². The number of anilines is 3. The number of hydrogen-bond donors (Lipinski definition) is 3. The third-order valence-corrected chi connectivity index (χ3v) is 7.52. The fourth-order valence-corrected chi connectivity index (χ4v) is 5.56. The summed E-state index contributed by atoms with van der Waals surface area (Å²) >= 11 is 0. The highest BCUT2D eigenvalue weighted by Crippen LogP contribution is 2.30. The fraction of sp³-hybridized carbons (Fsp3) is 0.483. The van der Waals surface area contributed by atoms with Crippen molar-refractivity contribution in [3.05, 3.63) is 54.5 Å². The van der Waals surface area contributed by atoms with Crippen molar-refractivity contribution in [2.75, 3.05) is 35.2 Å². The monoisotopic (exact) mass is 572 g/mol. The average Bonchev–Trinajstić information content (AvgIpc) is 3.43. The maximum atomic E-state index is 12.9. The van der Waals surface area contributed by atoms with E-state index < -0.39 is 18.0 Å². The number of halogens is 3. The summed E-state index contributed by atoms with van der Waals surface area (Å²) < 4.78 is 49.8. The maximum Gasteiger partial charge on any atom is 0.433 e. The van der Waals surface area contributed by atoms with E-state index in [0.29, 0.717) is 29.7 Å². The van der Waals surface area contributed by atoms with E-state index in [-0.39, 0.29) is 24.7 Å². The second kappa shape index (κ2) is 12.8. The number of pyridine rings is 1. The maximum absolute atomic E-state index is 12.9. The van der Waals surface area contributed by atoms with Gasteiger partial charge in [0.05, 0.1) is 24.7 Å². The lowest BCUT2D eigenvalue weighted by Crippen LogP contribution is -2.54. The Morgan fingerprint density at radius 2 is 1.90 bits per heavy atom. The smallest absolute Gasteiger partial charge is 0.433 e. The average molecular weight is 573 g/mol. The van der Waals surface area contributed by atoms with Crippen molar-refractivity contribution >= 4 is 23.5 Å². The molecule has 41 heavy (non-hydrogen) atoms. The molecule has 2 aromatic heterocycles. The number of carbonyl (C=O) groups is 1. The molecule has 1 amide bonds. The summed E-state index contributed by atoms with van der Waals surface area (Å²) in [6.07, 6.45) is 4.14. The molecule has 1 aliphatic carbocycles. The summed E-state index contributed by atoms with van der Waals surface area (Å²) in [5.41, 5.74) is 1.20. The molecule has 2 aliphatic rings. The van der Waals surface area contributed by atoms with Crippen LogP contribution < -0.4 is 20.9 Å². The van der Waals surface area contributed by atoms with E-state index in [4.69, 9.17) is 9.15 Å². The quantitative estimate of drug-likeness (QED) is 0.289. The normalized spacial score (nSPS) is 21.4. The van der Waals surface area contributed by atoms with E-state index >= 15 is 0 Å². The zero-order valence-electron chi connectivity index (χ0n) is 22.9. The minimum atomic E-state index is -4.44. The number of amides is 1. The van der Waals surface area contributed by atoms with Crippen LogP contribution >= 0.6 is 0 Å². The highest BCUT2D eigenvalue weighted by Gasteiger charge is 2.33. The van der Waals surface area contributed by atoms with Crippen LogP contribution in [0.3, 0.4) is 0 Å². The van der Waals surface area contributed by atoms with Gasteiger partial charge in [0.1, 0.15) is 5.69 Å². The minimum Gasteiger partial charge on any atom is -0.450 e. The molecule has 5 rings (SSSR count). The van der Waals surface area contributed by atoms with Gasteiger partial charge < -0.3 is 24.7 Å². The van der Waals surface area contributed by atoms with Crippen molar-refractivity contribution in [3.63, 3.8) is 0 Å². The van der Waals surface area contributed by atoms with Crippen LogP contribution in [0.1, 0.15) is 51.1 Å². The molecule has 1 saturated carbocycles. The van der Waals surface area contributed by atoms with Crippen molar-refractivity contribution in [3.8, 4) is 11.3 Å². The predicted molar refractivity (Wildman–Crippen MR) is 150 cm³/mol. The summed E-state index contributed by atoms with van der Waals surface area (Å²) in [6.45, 7) is 3.52. The second-order valence-electron chi connectivity index (χ2n) is 10.4. The molecular weight excluding hydrogens is 537 g/mol. The van der Waals surface area contributed by atoms with Crippen molar-refractivity contribution in [2.24, 2.45) is 0 Å². The number of nitrogens with zero attached hydrogens (tertiary/aromatic N) is 3. The first-order chi connectivity index (χ1) is 19.8. The number of piperidine rings is 1. The summed E-state index contributed by atoms with van der Waals surface area (Å²) in [5.74, 6) is 0.577. The van der Waals surface area contributed by atoms with Gasteiger partial charge in [0, 0.05) is 42.5 Å². The first-order valence-electron chi connectivity index (χ1n) is 14.1. The zero-order chi connectivity index (χ0) is 28.8. The highest BCUT2D eigenvalue weighted by atomic mass is 19.4. The summed E-state index contributed by atoms with van der Waals surface area (Å²) in [6, 6.07) is 10.8. The van der Waals surface area contributed by atoms with E-state index in [2.05, 4.69) is 30.8 Å². The number of carbonyl (C=O) groups excluding carboxylic acids is 1. The topological polar surface area (TPSA) is 105 Å². The number of rotatable bonds is 8. The van der Waals surface area contributed by atoms with E-state index in [0.717, 1.165) is 56.7 Å². The van der Waals surface area contributed by atoms with Crippen molar-refractivity contribution in [1.82, 2.24) is 15.3 Å². The van der Waals surface area contributed by atoms with Crippen LogP contribution in [0.15, 0.2) is 53.2 Å². The molecule has 3 aromatic rings. The first-order valence-corrected chi connectivity index (χ1v) is 14.1. The van der Waals surface area contributed by atoms with Crippen LogP contribution in [0.2, 0.25) is 0 Å². The number of hydrogen-bond acceptors (Lipinski definition) is 8. The number of aromatic nitrogens is 2. The Morgan fingerprint density at radius 1 is 1.07 bits per heavy atom. The molecule has 3 atom stereocenters. The number of ether oxygens (including phenoxy) is 1. The molecule has 220 valence electrons. The van der Waals surface area contributed by atoms with Crippen LogP contribution in [0.25, 0.3) is 11.3 Å². The molecule has 9 nitrogen and oxygen atoms in total. The summed E-state index contributed by atoms with van der Waals surface area (Å²) in [5, 5.41) is 9.98. The summed E-state index contributed by atoms with van der Waals surface area (Å²) in [7, 11) is 0. The van der Waals surface area contributed by atoms with E-state index in [9.17, 15) is 18.0 Å². The Labute approximate surface area is 236 Å². The number of alkyl halides is 3. The van der Waals surface area contributed by atoms with Gasteiger partial charge in [-0.05, 0) is 56.9 Å². The first kappa shape index (κ1) is 28.7. The molecule has 2 fully saturated rings. The van der Waals surface area contributed by atoms with Gasteiger partial charge in [-0.3, -0.25) is 5.32 Å². The number of nitrogens with one attached hydrogen (secondary N) is 3. The van der Waals surface area contributed by atoms with E-state index in [1.165, 1.54) is 12.3 Å². The predicted octanol–water partition coefficient (Wildman–Crippen LogP) is 6.31. The number of oxazole rings is 1. The summed E-state index contributed by atoms with van der Waals surface area (Å²) in [4.78, 5) is 22.0. The van der Waals surface area contributed by atoms with Crippen molar-refractivity contribution in [1.29, 1.82) is 0 Å². The third-order valence-electron chi connectivity index (χ3n) is 7.52. The standard InChI is InChI=1S/C29H35F3N6O3/c1-2-40-28(39)36-20-8-5-7-19(15-20)25-17-34-27(41-25)37-24-11-4-3-10-23(24)35-21-9-6-14-38(18-21)22-12-13-26(33-16-22)29(30,31)32/h5,7-8,12-13,15-17,21,23-24,35H,2-4,6,9-11,14,18H2,1H3,(H,34,37)(H,36,39)/t21-,23+,24+/m0/s1. The van der Waals surface area contributed by atoms with Gasteiger partial charge in [-0.15, -0.1) is 0 Å². The fourth-order valence-electron chi connectivity index (χ4n) is 5.56. The third kappa shape index (κ3) is 7.49. The van der Waals surface area contributed by atoms with Crippen molar-refractivity contribution in [2.45, 2.75) is 69.8 Å². The lowest BCUT2D eigenvalue weighted by molar-refractivity contribution is -0.141. The zero-order valence-corrected chi connectivity index (χ0v) is 22.9. The van der Waals surface area contributed by atoms with Gasteiger partial charge in [0.2, 0.25) is 0 Å². The molecule has 3 N–H and O–H groups in total. The molecule has 3 heterocycles. The van der Waals surface area contributed by atoms with Gasteiger partial charge in [0.25, 0.3) is 6.01 Å². The minimum absolute atomic E-state index is 0.121. The molecule has 0 radical (unpaired) electrons. The molecule has 1 saturated heterocycles. The molecule has 1 aliphatic heterocycles. The van der Waals surface area contributed by atoms with Gasteiger partial charge in [-0.2, -0.15) is 13.2 Å². The second-order valence-corrected chi connectivity index (χ2v) is 10.4. The number of benzene rings is 1. The van der Waals surface area contributed by atoms with Gasteiger partial charge >= 0.3 is 12.3 Å². The Kier molecular flexibility index (Phi) is 8.96. The molecule has 0 bridgehead atoms. The largest absolute Gasteiger partial charge is 0.450 e. The lowest BCUT2D eigenvalue weighted by Gasteiger charge is -2.40. The Bertz CT molecular complexity index is 1300. The molecule has 0 unspecified atom stereocenters. The van der Waals surface area contributed by atoms with Gasteiger partial charge in [0.15, 0.2) is 5.76 Å². The molecule has 12 heteroatoms. The molecule has 1 aromatic carbocycles. The van der Waals surface area contributed by atoms with E-state index in [1.807, 2.05) is 12.1 Å². The van der Waals surface area contributed by atoms with Crippen LogP contribution in [-0.4, -0.2) is 53.9 Å². The van der Waals surface area contributed by atoms with Crippen LogP contribution in [0, 0.1) is 0 Å². The molecular formula is C29H35F3N6O3. The van der Waals surface area contributed by atoms with Crippen LogP contribution in [-0.2, 0) is 10.9 Å². The Balaban J connectivity index is 1.20. The highest BCUT2D eigenvalue weighted by molar-refractivity contribution is 5.85. The Morgan fingerprint density at radius 3 is 2.66 bits per heavy atom. The van der Waals surface area contributed by atoms with E-state index in [1.54, 1.807) is 25.3 Å². The SMILES string of the molecule is CCOC(=O)Nc1cccc(-c2cnc(N[C@@H]3CCCC[C@H]3N[C@H]3CCCN(c4ccc(C(F)(F)F)nc4)C3)o2)c1. The van der Waals surface area contributed by atoms with Gasteiger partial charge in [-0.1, -0.05) is 25.0 Å². The molecule has 0 spiro atoms. The Hall–Kier alpha value is -3.80.